The third kappa shape index (κ3) is 2.94. The Bertz CT molecular complexity index is 630. The summed E-state index contributed by atoms with van der Waals surface area (Å²) in [5.74, 6) is -1.66. The Morgan fingerprint density at radius 1 is 1.00 bits per heavy atom. The number of carbonyl (C=O) groups excluding carboxylic acids is 3. The highest BCUT2D eigenvalue weighted by Gasteiger charge is 2.41. The molecule has 0 spiro atoms. The summed E-state index contributed by atoms with van der Waals surface area (Å²) in [7, 11) is 0. The summed E-state index contributed by atoms with van der Waals surface area (Å²) in [5, 5.41) is 0.603. The predicted octanol–water partition coefficient (Wildman–Crippen LogP) is 2.25. The van der Waals surface area contributed by atoms with Crippen LogP contribution < -0.4 is 0 Å². The summed E-state index contributed by atoms with van der Waals surface area (Å²) in [6.07, 6.45) is 3.25. The third-order valence-corrected chi connectivity index (χ3v) is 4.60. The molecule has 2 aliphatic heterocycles. The summed E-state index contributed by atoms with van der Waals surface area (Å²) in [6, 6.07) is 6.04. The average Bonchev–Trinajstić information content (AvgIpc) is 2.81. The van der Waals surface area contributed by atoms with E-state index in [-0.39, 0.29) is 17.0 Å². The smallest absolute Gasteiger partial charge is 0.328 e. The lowest BCUT2D eigenvalue weighted by Crippen LogP contribution is -2.50. The number of rotatable bonds is 4. The monoisotopic (exact) mass is 330 g/mol. The molecule has 128 valence electrons. The van der Waals surface area contributed by atoms with Crippen LogP contribution in [-0.2, 0) is 9.63 Å². The molecule has 0 bridgehead atoms. The third-order valence-electron chi connectivity index (χ3n) is 4.60. The van der Waals surface area contributed by atoms with Gasteiger partial charge in [-0.05, 0) is 44.0 Å². The molecule has 1 fully saturated rings. The number of piperidine rings is 1. The minimum Gasteiger partial charge on any atom is -0.328 e. The highest BCUT2D eigenvalue weighted by Crippen LogP contribution is 2.25. The van der Waals surface area contributed by atoms with E-state index in [9.17, 15) is 14.4 Å². The van der Waals surface area contributed by atoms with E-state index in [2.05, 4.69) is 4.90 Å². The van der Waals surface area contributed by atoms with Crippen molar-refractivity contribution in [2.45, 2.75) is 39.2 Å². The molecule has 6 heteroatoms. The molecule has 1 aromatic carbocycles. The maximum atomic E-state index is 12.7. The number of hydroxylamine groups is 2. The molecule has 1 atom stereocenters. The minimum atomic E-state index is -0.579. The summed E-state index contributed by atoms with van der Waals surface area (Å²) in [6.45, 7) is 5.56. The number of nitrogens with zero attached hydrogens (tertiary/aromatic N) is 2. The minimum absolute atomic E-state index is 0.0331. The van der Waals surface area contributed by atoms with Crippen LogP contribution in [0.2, 0.25) is 0 Å². The Balaban J connectivity index is 1.76. The van der Waals surface area contributed by atoms with Crippen LogP contribution in [0.1, 0.15) is 53.8 Å². The van der Waals surface area contributed by atoms with Gasteiger partial charge in [-0.2, -0.15) is 0 Å². The van der Waals surface area contributed by atoms with Crippen LogP contribution in [0, 0.1) is 5.92 Å². The fourth-order valence-electron chi connectivity index (χ4n) is 3.43. The molecule has 2 heterocycles. The van der Waals surface area contributed by atoms with Gasteiger partial charge in [0, 0.05) is 0 Å². The number of imide groups is 1. The van der Waals surface area contributed by atoms with Crippen LogP contribution in [-0.4, -0.2) is 46.9 Å². The van der Waals surface area contributed by atoms with Gasteiger partial charge in [0.05, 0.1) is 11.1 Å². The SMILES string of the molecule is CC(C)C(C(=O)ON1C(=O)c2ccccc2C1=O)N1CCCCC1. The van der Waals surface area contributed by atoms with Gasteiger partial charge in [0.2, 0.25) is 0 Å². The number of benzene rings is 1. The number of hydrogen-bond acceptors (Lipinski definition) is 5. The summed E-state index contributed by atoms with van der Waals surface area (Å²) in [5.41, 5.74) is 0.545. The van der Waals surface area contributed by atoms with Crippen molar-refractivity contribution in [1.29, 1.82) is 0 Å². The maximum absolute atomic E-state index is 12.7. The van der Waals surface area contributed by atoms with Gasteiger partial charge in [0.1, 0.15) is 6.04 Å². The van der Waals surface area contributed by atoms with Crippen LogP contribution in [0.5, 0.6) is 0 Å². The average molecular weight is 330 g/mol. The molecule has 3 rings (SSSR count). The van der Waals surface area contributed by atoms with Gasteiger partial charge in [-0.25, -0.2) is 4.79 Å². The van der Waals surface area contributed by atoms with Gasteiger partial charge in [0.15, 0.2) is 0 Å². The van der Waals surface area contributed by atoms with Crippen molar-refractivity contribution >= 4 is 17.8 Å². The topological polar surface area (TPSA) is 66.9 Å². The Kier molecular flexibility index (Phi) is 4.66. The lowest BCUT2D eigenvalue weighted by molar-refractivity contribution is -0.177. The van der Waals surface area contributed by atoms with E-state index in [4.69, 9.17) is 4.84 Å². The molecule has 1 unspecified atom stereocenters. The molecule has 1 aromatic rings. The van der Waals surface area contributed by atoms with Crippen LogP contribution in [0.25, 0.3) is 0 Å². The predicted molar refractivity (Wildman–Crippen MR) is 87.1 cm³/mol. The first kappa shape index (κ1) is 16.6. The van der Waals surface area contributed by atoms with Gasteiger partial charge < -0.3 is 4.84 Å². The number of carbonyl (C=O) groups is 3. The van der Waals surface area contributed by atoms with Gasteiger partial charge in [0.25, 0.3) is 11.8 Å². The number of hydrogen-bond donors (Lipinski definition) is 0. The van der Waals surface area contributed by atoms with E-state index >= 15 is 0 Å². The second-order valence-electron chi connectivity index (χ2n) is 6.65. The molecule has 0 radical (unpaired) electrons. The highest BCUT2D eigenvalue weighted by atomic mass is 16.7. The second kappa shape index (κ2) is 6.73. The molecule has 2 amide bonds. The molecule has 0 saturated carbocycles. The molecule has 1 saturated heterocycles. The second-order valence-corrected chi connectivity index (χ2v) is 6.65. The molecule has 0 aromatic heterocycles. The summed E-state index contributed by atoms with van der Waals surface area (Å²) in [4.78, 5) is 44.7. The Labute approximate surface area is 141 Å². The number of amides is 2. The summed E-state index contributed by atoms with van der Waals surface area (Å²) >= 11 is 0. The standard InChI is InChI=1S/C18H22N2O4/c1-12(2)15(19-10-6-3-7-11-19)18(23)24-20-16(21)13-8-4-5-9-14(13)17(20)22/h4-5,8-9,12,15H,3,6-7,10-11H2,1-2H3. The molecular weight excluding hydrogens is 308 g/mol. The van der Waals surface area contributed by atoms with Crippen molar-refractivity contribution < 1.29 is 19.2 Å². The molecular formula is C18H22N2O4. The molecule has 0 aliphatic carbocycles. The first-order chi connectivity index (χ1) is 11.5. The van der Waals surface area contributed by atoms with E-state index < -0.39 is 23.8 Å². The lowest BCUT2D eigenvalue weighted by Gasteiger charge is -2.35. The van der Waals surface area contributed by atoms with Crippen molar-refractivity contribution in [3.63, 3.8) is 0 Å². The first-order valence-corrected chi connectivity index (χ1v) is 8.44. The molecule has 6 nitrogen and oxygen atoms in total. The van der Waals surface area contributed by atoms with Crippen LogP contribution in [0.3, 0.4) is 0 Å². The van der Waals surface area contributed by atoms with Crippen LogP contribution in [0.4, 0.5) is 0 Å². The van der Waals surface area contributed by atoms with E-state index in [0.29, 0.717) is 5.06 Å². The zero-order chi connectivity index (χ0) is 17.3. The summed E-state index contributed by atoms with van der Waals surface area (Å²) < 4.78 is 0. The van der Waals surface area contributed by atoms with Crippen molar-refractivity contribution in [3.05, 3.63) is 35.4 Å². The fourth-order valence-corrected chi connectivity index (χ4v) is 3.43. The van der Waals surface area contributed by atoms with E-state index in [1.54, 1.807) is 24.3 Å². The lowest BCUT2D eigenvalue weighted by atomic mass is 9.99. The zero-order valence-electron chi connectivity index (χ0n) is 14.0. The largest absolute Gasteiger partial charge is 0.350 e. The van der Waals surface area contributed by atoms with E-state index in [1.165, 1.54) is 0 Å². The fraction of sp³-hybridized carbons (Fsp3) is 0.500. The highest BCUT2D eigenvalue weighted by molar-refractivity contribution is 6.20. The molecule has 2 aliphatic rings. The van der Waals surface area contributed by atoms with Crippen molar-refractivity contribution in [1.82, 2.24) is 9.96 Å². The molecule has 0 N–H and O–H groups in total. The van der Waals surface area contributed by atoms with E-state index in [0.717, 1.165) is 32.4 Å². The Morgan fingerprint density at radius 3 is 2.04 bits per heavy atom. The maximum Gasteiger partial charge on any atom is 0.350 e. The van der Waals surface area contributed by atoms with Crippen molar-refractivity contribution in [2.75, 3.05) is 13.1 Å². The van der Waals surface area contributed by atoms with Gasteiger partial charge in [-0.3, -0.25) is 14.5 Å². The zero-order valence-corrected chi connectivity index (χ0v) is 14.0. The van der Waals surface area contributed by atoms with Gasteiger partial charge >= 0.3 is 5.97 Å². The van der Waals surface area contributed by atoms with Gasteiger partial charge in [-0.15, -0.1) is 0 Å². The van der Waals surface area contributed by atoms with Gasteiger partial charge in [-0.1, -0.05) is 37.5 Å². The molecule has 24 heavy (non-hydrogen) atoms. The van der Waals surface area contributed by atoms with Crippen LogP contribution >= 0.6 is 0 Å². The Hall–Kier alpha value is -2.21. The Morgan fingerprint density at radius 2 is 1.54 bits per heavy atom. The quantitative estimate of drug-likeness (QED) is 0.792. The first-order valence-electron chi connectivity index (χ1n) is 8.44. The van der Waals surface area contributed by atoms with Crippen LogP contribution in [0.15, 0.2) is 24.3 Å². The van der Waals surface area contributed by atoms with Crippen molar-refractivity contribution in [2.24, 2.45) is 5.92 Å². The number of likely N-dealkylation sites (tertiary alicyclic amines) is 1. The normalized spacial score (nSPS) is 19.5. The number of fused-ring (bicyclic) bond motifs is 1. The van der Waals surface area contributed by atoms with E-state index in [1.807, 2.05) is 13.8 Å². The van der Waals surface area contributed by atoms with Crippen molar-refractivity contribution in [3.8, 4) is 0 Å².